The Labute approximate surface area is 179 Å². The van der Waals surface area contributed by atoms with Crippen molar-refractivity contribution >= 4 is 12.3 Å². The van der Waals surface area contributed by atoms with Gasteiger partial charge < -0.3 is 19.7 Å². The van der Waals surface area contributed by atoms with Crippen molar-refractivity contribution in [2.24, 2.45) is 5.92 Å². The molecule has 2 aliphatic rings. The lowest BCUT2D eigenvalue weighted by Gasteiger charge is -2.25. The van der Waals surface area contributed by atoms with Crippen LogP contribution in [0, 0.1) is 5.92 Å². The molecule has 7 nitrogen and oxygen atoms in total. The molecule has 3 rings (SSSR count). The van der Waals surface area contributed by atoms with Crippen LogP contribution >= 0.6 is 0 Å². The van der Waals surface area contributed by atoms with Crippen LogP contribution in [0.1, 0.15) is 44.1 Å². The second-order valence-corrected chi connectivity index (χ2v) is 8.16. The number of aldehydes is 1. The first-order valence-corrected chi connectivity index (χ1v) is 11.0. The van der Waals surface area contributed by atoms with Gasteiger partial charge in [-0.1, -0.05) is 30.7 Å². The lowest BCUT2D eigenvalue weighted by atomic mass is 9.86. The molecule has 0 aliphatic heterocycles. The molecule has 30 heavy (non-hydrogen) atoms. The molecule has 0 saturated heterocycles. The predicted molar refractivity (Wildman–Crippen MR) is 117 cm³/mol. The van der Waals surface area contributed by atoms with Crippen LogP contribution < -0.4 is 20.9 Å². The van der Waals surface area contributed by atoms with Crippen molar-refractivity contribution in [3.8, 4) is 5.75 Å². The average molecular weight is 415 g/mol. The number of nitrogens with zero attached hydrogens (tertiary/aromatic N) is 1. The molecule has 0 unspecified atom stereocenters. The van der Waals surface area contributed by atoms with Gasteiger partial charge in [0.1, 0.15) is 12.0 Å². The van der Waals surface area contributed by atoms with E-state index in [4.69, 9.17) is 4.74 Å². The number of hydrazine groups is 1. The molecule has 2 amide bonds. The van der Waals surface area contributed by atoms with Gasteiger partial charge in [-0.05, 0) is 55.7 Å². The highest BCUT2D eigenvalue weighted by Gasteiger charge is 2.44. The number of ether oxygens (including phenoxy) is 1. The lowest BCUT2D eigenvalue weighted by Crippen LogP contribution is -2.41. The molecule has 2 saturated carbocycles. The zero-order valence-electron chi connectivity index (χ0n) is 17.9. The van der Waals surface area contributed by atoms with E-state index in [-0.39, 0.29) is 18.1 Å². The van der Waals surface area contributed by atoms with Crippen LogP contribution in [0.5, 0.6) is 5.75 Å². The van der Waals surface area contributed by atoms with Crippen LogP contribution in [0.2, 0.25) is 0 Å². The van der Waals surface area contributed by atoms with E-state index in [1.165, 1.54) is 29.7 Å². The lowest BCUT2D eigenvalue weighted by molar-refractivity contribution is -0.108. The zero-order valence-corrected chi connectivity index (χ0v) is 17.9. The monoisotopic (exact) mass is 414 g/mol. The number of urea groups is 1. The van der Waals surface area contributed by atoms with Gasteiger partial charge in [-0.15, -0.1) is 0 Å². The van der Waals surface area contributed by atoms with Crippen molar-refractivity contribution in [2.75, 3.05) is 33.3 Å². The summed E-state index contributed by atoms with van der Waals surface area (Å²) in [6, 6.07) is 8.20. The Morgan fingerprint density at radius 1 is 1.27 bits per heavy atom. The van der Waals surface area contributed by atoms with Crippen molar-refractivity contribution < 1.29 is 14.3 Å². The highest BCUT2D eigenvalue weighted by molar-refractivity contribution is 5.76. The molecular formula is C23H34N4O3. The molecule has 0 bridgehead atoms. The van der Waals surface area contributed by atoms with Gasteiger partial charge in [0, 0.05) is 20.1 Å². The minimum Gasteiger partial charge on any atom is -0.493 e. The van der Waals surface area contributed by atoms with Crippen LogP contribution in [0.3, 0.4) is 0 Å². The number of carbonyl (C=O) groups excluding carboxylic acids is 2. The number of hydrogen-bond acceptors (Lipinski definition) is 5. The molecule has 0 heterocycles. The fourth-order valence-corrected chi connectivity index (χ4v) is 3.56. The van der Waals surface area contributed by atoms with Crippen LogP contribution in [0.15, 0.2) is 36.4 Å². The number of hydrogen-bond donors (Lipinski definition) is 3. The van der Waals surface area contributed by atoms with Crippen LogP contribution in [-0.4, -0.2) is 50.5 Å². The molecule has 1 aromatic rings. The van der Waals surface area contributed by atoms with Crippen molar-refractivity contribution in [3.63, 3.8) is 0 Å². The maximum atomic E-state index is 11.6. The van der Waals surface area contributed by atoms with E-state index in [0.29, 0.717) is 6.54 Å². The normalized spacial score (nSPS) is 17.4. The molecule has 3 N–H and O–H groups in total. The van der Waals surface area contributed by atoms with Gasteiger partial charge in [0.25, 0.3) is 0 Å². The third-order valence-corrected chi connectivity index (χ3v) is 5.90. The highest BCUT2D eigenvalue weighted by Crippen LogP contribution is 2.45. The maximum Gasteiger partial charge on any atom is 0.317 e. The van der Waals surface area contributed by atoms with Crippen molar-refractivity contribution in [3.05, 3.63) is 42.0 Å². The summed E-state index contributed by atoms with van der Waals surface area (Å²) in [4.78, 5) is 23.7. The summed E-state index contributed by atoms with van der Waals surface area (Å²) in [6.07, 6.45) is 11.6. The van der Waals surface area contributed by atoms with E-state index in [2.05, 4.69) is 34.4 Å². The molecule has 0 atom stereocenters. The quantitative estimate of drug-likeness (QED) is 0.200. The number of carbonyl (C=O) groups is 2. The summed E-state index contributed by atoms with van der Waals surface area (Å²) in [5.41, 5.74) is 8.09. The smallest absolute Gasteiger partial charge is 0.317 e. The summed E-state index contributed by atoms with van der Waals surface area (Å²) in [5.74, 6) is 1.70. The van der Waals surface area contributed by atoms with E-state index in [9.17, 15) is 9.59 Å². The van der Waals surface area contributed by atoms with Gasteiger partial charge >= 0.3 is 6.03 Å². The Balaban J connectivity index is 1.37. The molecule has 0 aromatic heterocycles. The Kier molecular flexibility index (Phi) is 8.28. The Bertz CT molecular complexity index is 729. The average Bonchev–Trinajstić information content (AvgIpc) is 3.52. The van der Waals surface area contributed by atoms with Crippen LogP contribution in [0.4, 0.5) is 4.79 Å². The van der Waals surface area contributed by atoms with Crippen LogP contribution in [0.25, 0.3) is 0 Å². The SMILES string of the molecule is CNC(=O)N(CC=O)C/C=C/CCNNC1(c2cccc(OCC3CCC3)c2)CC1. The first-order chi connectivity index (χ1) is 14.7. The first kappa shape index (κ1) is 22.3. The van der Waals surface area contributed by atoms with Crippen LogP contribution in [-0.2, 0) is 10.3 Å². The summed E-state index contributed by atoms with van der Waals surface area (Å²) in [7, 11) is 1.56. The predicted octanol–water partition coefficient (Wildman–Crippen LogP) is 2.74. The summed E-state index contributed by atoms with van der Waals surface area (Å²) in [5, 5.41) is 2.54. The van der Waals surface area contributed by atoms with Gasteiger partial charge in [-0.2, -0.15) is 0 Å². The van der Waals surface area contributed by atoms with E-state index < -0.39 is 0 Å². The van der Waals surface area contributed by atoms with Gasteiger partial charge in [-0.3, -0.25) is 5.43 Å². The van der Waals surface area contributed by atoms with Gasteiger partial charge in [0.15, 0.2) is 0 Å². The molecule has 0 spiro atoms. The first-order valence-electron chi connectivity index (χ1n) is 11.0. The van der Waals surface area contributed by atoms with E-state index in [0.717, 1.165) is 50.4 Å². The standard InChI is InChI=1S/C23H34N4O3/c1-24-22(29)27(15-16-28)14-4-2-3-13-25-26-23(11-12-23)20-9-6-10-21(17-20)30-18-19-7-5-8-19/h2,4,6,9-10,16-17,19,25-26H,3,5,7-8,11-15,18H2,1H3,(H,24,29)/b4-2+. The van der Waals surface area contributed by atoms with E-state index in [1.54, 1.807) is 7.05 Å². The molecule has 2 aliphatic carbocycles. The number of nitrogens with one attached hydrogen (secondary N) is 3. The molecular weight excluding hydrogens is 380 g/mol. The molecule has 7 heteroatoms. The molecule has 2 fully saturated rings. The van der Waals surface area contributed by atoms with Gasteiger partial charge in [-0.25, -0.2) is 10.2 Å². The number of rotatable bonds is 13. The molecule has 1 aromatic carbocycles. The fraction of sp³-hybridized carbons (Fsp3) is 0.565. The molecule has 0 radical (unpaired) electrons. The minimum atomic E-state index is -0.249. The summed E-state index contributed by atoms with van der Waals surface area (Å²) >= 11 is 0. The summed E-state index contributed by atoms with van der Waals surface area (Å²) in [6.45, 7) is 2.13. The Morgan fingerprint density at radius 2 is 2.10 bits per heavy atom. The Morgan fingerprint density at radius 3 is 2.77 bits per heavy atom. The Hall–Kier alpha value is -2.38. The maximum absolute atomic E-state index is 11.6. The largest absolute Gasteiger partial charge is 0.493 e. The highest BCUT2D eigenvalue weighted by atomic mass is 16.5. The number of amides is 2. The fourth-order valence-electron chi connectivity index (χ4n) is 3.56. The van der Waals surface area contributed by atoms with E-state index >= 15 is 0 Å². The third-order valence-electron chi connectivity index (χ3n) is 5.90. The van der Waals surface area contributed by atoms with Crippen molar-refractivity contribution in [1.82, 2.24) is 21.1 Å². The van der Waals surface area contributed by atoms with E-state index in [1.807, 2.05) is 18.2 Å². The van der Waals surface area contributed by atoms with Gasteiger partial charge in [0.05, 0.1) is 18.7 Å². The third kappa shape index (κ3) is 6.31. The summed E-state index contributed by atoms with van der Waals surface area (Å²) < 4.78 is 5.99. The minimum absolute atomic E-state index is 0.000468. The molecule has 164 valence electrons. The second-order valence-electron chi connectivity index (χ2n) is 8.16. The van der Waals surface area contributed by atoms with Gasteiger partial charge in [0.2, 0.25) is 0 Å². The van der Waals surface area contributed by atoms with Crippen molar-refractivity contribution in [2.45, 2.75) is 44.1 Å². The van der Waals surface area contributed by atoms with Crippen molar-refractivity contribution in [1.29, 1.82) is 0 Å². The number of benzene rings is 1. The second kappa shape index (κ2) is 11.1. The topological polar surface area (TPSA) is 82.7 Å². The zero-order chi connectivity index (χ0) is 21.2.